The predicted molar refractivity (Wildman–Crippen MR) is 132 cm³/mol. The number of guanidine groups is 1. The molecule has 0 atom stereocenters. The number of benzene rings is 1. The zero-order valence-electron chi connectivity index (χ0n) is 18.5. The molecule has 2 rings (SSSR count). The fourth-order valence-corrected chi connectivity index (χ4v) is 2.94. The van der Waals surface area contributed by atoms with Crippen molar-refractivity contribution in [3.8, 4) is 11.5 Å². The lowest BCUT2D eigenvalue weighted by atomic mass is 10.1. The quantitative estimate of drug-likeness (QED) is 0.157. The SMILES string of the molecule is CCNC(=NCCCc1ccc(OC)c(OCC)c1)NCCCC(=O)NC1CC1.I. The Morgan fingerprint density at radius 3 is 2.63 bits per heavy atom. The van der Waals surface area contributed by atoms with Crippen LogP contribution in [0.4, 0.5) is 0 Å². The summed E-state index contributed by atoms with van der Waals surface area (Å²) >= 11 is 0. The van der Waals surface area contributed by atoms with Gasteiger partial charge in [0.2, 0.25) is 5.91 Å². The van der Waals surface area contributed by atoms with Gasteiger partial charge in [0, 0.05) is 32.1 Å². The van der Waals surface area contributed by atoms with E-state index in [-0.39, 0.29) is 29.9 Å². The van der Waals surface area contributed by atoms with E-state index in [9.17, 15) is 4.79 Å². The summed E-state index contributed by atoms with van der Waals surface area (Å²) < 4.78 is 11.0. The van der Waals surface area contributed by atoms with Crippen LogP contribution in [-0.2, 0) is 11.2 Å². The summed E-state index contributed by atoms with van der Waals surface area (Å²) in [5.41, 5.74) is 1.21. The predicted octanol–water partition coefficient (Wildman–Crippen LogP) is 3.26. The average Bonchev–Trinajstić information content (AvgIpc) is 3.52. The molecule has 0 radical (unpaired) electrons. The molecule has 1 amide bonds. The molecule has 1 fully saturated rings. The Balaban J connectivity index is 0.00000450. The van der Waals surface area contributed by atoms with Crippen LogP contribution in [0.25, 0.3) is 0 Å². The van der Waals surface area contributed by atoms with Crippen molar-refractivity contribution >= 4 is 35.8 Å². The van der Waals surface area contributed by atoms with Gasteiger partial charge in [-0.2, -0.15) is 0 Å². The molecule has 0 aliphatic heterocycles. The Hall–Kier alpha value is -1.71. The largest absolute Gasteiger partial charge is 0.493 e. The minimum Gasteiger partial charge on any atom is -0.493 e. The van der Waals surface area contributed by atoms with Crippen molar-refractivity contribution in [2.24, 2.45) is 4.99 Å². The van der Waals surface area contributed by atoms with E-state index in [2.05, 4.69) is 27.0 Å². The normalized spacial score (nSPS) is 13.2. The number of hydrogen-bond donors (Lipinski definition) is 3. The highest BCUT2D eigenvalue weighted by Gasteiger charge is 2.22. The molecule has 1 aromatic rings. The molecule has 0 saturated heterocycles. The van der Waals surface area contributed by atoms with Crippen molar-refractivity contribution < 1.29 is 14.3 Å². The number of aliphatic imine (C=N–C) groups is 1. The minimum atomic E-state index is 0. The number of rotatable bonds is 13. The maximum Gasteiger partial charge on any atom is 0.220 e. The molecule has 30 heavy (non-hydrogen) atoms. The van der Waals surface area contributed by atoms with Crippen LogP contribution in [0.1, 0.15) is 51.5 Å². The number of halogens is 1. The van der Waals surface area contributed by atoms with Crippen LogP contribution in [0.5, 0.6) is 11.5 Å². The van der Waals surface area contributed by atoms with E-state index >= 15 is 0 Å². The first-order valence-electron chi connectivity index (χ1n) is 10.8. The molecule has 0 spiro atoms. The lowest BCUT2D eigenvalue weighted by Gasteiger charge is -2.12. The maximum atomic E-state index is 11.7. The minimum absolute atomic E-state index is 0. The molecular formula is C22H37IN4O3. The second kappa shape index (κ2) is 15.1. The highest BCUT2D eigenvalue weighted by molar-refractivity contribution is 14.0. The Labute approximate surface area is 197 Å². The van der Waals surface area contributed by atoms with Crippen LogP contribution in [-0.4, -0.2) is 51.3 Å². The third-order valence-corrected chi connectivity index (χ3v) is 4.58. The Morgan fingerprint density at radius 1 is 1.17 bits per heavy atom. The van der Waals surface area contributed by atoms with E-state index in [4.69, 9.17) is 9.47 Å². The van der Waals surface area contributed by atoms with Crippen LogP contribution in [0.2, 0.25) is 0 Å². The molecule has 0 aromatic heterocycles. The average molecular weight is 532 g/mol. The van der Waals surface area contributed by atoms with Gasteiger partial charge in [-0.3, -0.25) is 9.79 Å². The summed E-state index contributed by atoms with van der Waals surface area (Å²) in [5, 5.41) is 9.58. The van der Waals surface area contributed by atoms with E-state index < -0.39 is 0 Å². The summed E-state index contributed by atoms with van der Waals surface area (Å²) in [6.07, 6.45) is 5.49. The summed E-state index contributed by atoms with van der Waals surface area (Å²) in [5.74, 6) is 2.51. The highest BCUT2D eigenvalue weighted by atomic mass is 127. The number of nitrogens with one attached hydrogen (secondary N) is 3. The second-order valence-corrected chi connectivity index (χ2v) is 7.15. The maximum absolute atomic E-state index is 11.7. The van der Waals surface area contributed by atoms with Crippen LogP contribution in [0.15, 0.2) is 23.2 Å². The van der Waals surface area contributed by atoms with Gasteiger partial charge in [-0.1, -0.05) is 6.07 Å². The van der Waals surface area contributed by atoms with Crippen LogP contribution < -0.4 is 25.4 Å². The molecule has 1 aromatic carbocycles. The van der Waals surface area contributed by atoms with Gasteiger partial charge < -0.3 is 25.4 Å². The first-order valence-corrected chi connectivity index (χ1v) is 10.8. The number of methoxy groups -OCH3 is 1. The molecule has 8 heteroatoms. The summed E-state index contributed by atoms with van der Waals surface area (Å²) in [6.45, 7) is 6.91. The van der Waals surface area contributed by atoms with Crippen molar-refractivity contribution in [3.05, 3.63) is 23.8 Å². The topological polar surface area (TPSA) is 84.0 Å². The van der Waals surface area contributed by atoms with Gasteiger partial charge in [-0.15, -0.1) is 24.0 Å². The van der Waals surface area contributed by atoms with Crippen LogP contribution >= 0.6 is 24.0 Å². The molecule has 0 heterocycles. The Kier molecular flexibility index (Phi) is 13.3. The number of amides is 1. The number of hydrogen-bond acceptors (Lipinski definition) is 4. The van der Waals surface area contributed by atoms with Crippen molar-refractivity contribution in [1.82, 2.24) is 16.0 Å². The van der Waals surface area contributed by atoms with Crippen LogP contribution in [0.3, 0.4) is 0 Å². The molecular weight excluding hydrogens is 495 g/mol. The van der Waals surface area contributed by atoms with E-state index in [0.717, 1.165) is 69.2 Å². The van der Waals surface area contributed by atoms with E-state index in [1.165, 1.54) is 5.56 Å². The first-order chi connectivity index (χ1) is 14.2. The number of carbonyl (C=O) groups excluding carboxylic acids is 1. The lowest BCUT2D eigenvalue weighted by molar-refractivity contribution is -0.121. The van der Waals surface area contributed by atoms with Crippen molar-refractivity contribution in [1.29, 1.82) is 0 Å². The fraction of sp³-hybridized carbons (Fsp3) is 0.636. The summed E-state index contributed by atoms with van der Waals surface area (Å²) in [4.78, 5) is 16.3. The second-order valence-electron chi connectivity index (χ2n) is 7.15. The molecule has 1 aliphatic carbocycles. The standard InChI is InChI=1S/C22H36N4O3.HI/c1-4-23-22(25-15-7-9-21(27)26-18-11-12-18)24-14-6-8-17-10-13-19(28-3)20(16-17)29-5-2;/h10,13,16,18H,4-9,11-12,14-15H2,1-3H3,(H,26,27)(H2,23,24,25);1H. The molecule has 170 valence electrons. The summed E-state index contributed by atoms with van der Waals surface area (Å²) in [6, 6.07) is 6.50. The van der Waals surface area contributed by atoms with Gasteiger partial charge in [-0.25, -0.2) is 0 Å². The van der Waals surface area contributed by atoms with E-state index in [1.54, 1.807) is 7.11 Å². The first kappa shape index (κ1) is 26.3. The zero-order chi connectivity index (χ0) is 20.9. The molecule has 7 nitrogen and oxygen atoms in total. The smallest absolute Gasteiger partial charge is 0.220 e. The molecule has 3 N–H and O–H groups in total. The van der Waals surface area contributed by atoms with Crippen molar-refractivity contribution in [3.63, 3.8) is 0 Å². The molecule has 0 unspecified atom stereocenters. The number of carbonyl (C=O) groups is 1. The van der Waals surface area contributed by atoms with Gasteiger partial charge in [-0.05, 0) is 63.6 Å². The Morgan fingerprint density at radius 2 is 1.97 bits per heavy atom. The highest BCUT2D eigenvalue weighted by Crippen LogP contribution is 2.28. The van der Waals surface area contributed by atoms with Gasteiger partial charge in [0.25, 0.3) is 0 Å². The van der Waals surface area contributed by atoms with Crippen molar-refractivity contribution in [2.75, 3.05) is 33.4 Å². The fourth-order valence-electron chi connectivity index (χ4n) is 2.94. The number of aryl methyl sites for hydroxylation is 1. The van der Waals surface area contributed by atoms with E-state index in [1.807, 2.05) is 26.0 Å². The summed E-state index contributed by atoms with van der Waals surface area (Å²) in [7, 11) is 1.65. The zero-order valence-corrected chi connectivity index (χ0v) is 20.8. The van der Waals surface area contributed by atoms with E-state index in [0.29, 0.717) is 19.1 Å². The molecule has 0 bridgehead atoms. The lowest BCUT2D eigenvalue weighted by Crippen LogP contribution is -2.38. The monoisotopic (exact) mass is 532 g/mol. The van der Waals surface area contributed by atoms with Gasteiger partial charge >= 0.3 is 0 Å². The van der Waals surface area contributed by atoms with Gasteiger partial charge in [0.05, 0.1) is 13.7 Å². The molecule has 1 aliphatic rings. The van der Waals surface area contributed by atoms with Crippen LogP contribution in [0, 0.1) is 0 Å². The van der Waals surface area contributed by atoms with Gasteiger partial charge in [0.1, 0.15) is 0 Å². The third-order valence-electron chi connectivity index (χ3n) is 4.58. The third kappa shape index (κ3) is 10.4. The van der Waals surface area contributed by atoms with Crippen molar-refractivity contribution in [2.45, 2.75) is 58.4 Å². The van der Waals surface area contributed by atoms with Gasteiger partial charge in [0.15, 0.2) is 17.5 Å². The number of nitrogens with zero attached hydrogens (tertiary/aromatic N) is 1. The molecule has 1 saturated carbocycles. The Bertz CT molecular complexity index is 666. The number of ether oxygens (including phenoxy) is 2.